The summed E-state index contributed by atoms with van der Waals surface area (Å²) in [6.45, 7) is 0.00539. The molecular formula is C22H19F5N6O2. The molecule has 0 aliphatic carbocycles. The number of hydrogen-bond acceptors (Lipinski definition) is 5. The summed E-state index contributed by atoms with van der Waals surface area (Å²) in [7, 11) is 0. The van der Waals surface area contributed by atoms with Crippen LogP contribution < -0.4 is 15.4 Å². The zero-order valence-corrected chi connectivity index (χ0v) is 17.4. The van der Waals surface area contributed by atoms with Gasteiger partial charge in [-0.2, -0.15) is 18.4 Å². The molecule has 2 amide bonds. The topological polar surface area (TPSA) is 116 Å². The number of benzene rings is 1. The molecule has 3 N–H and O–H groups in total. The summed E-state index contributed by atoms with van der Waals surface area (Å²) < 4.78 is 74.3. The zero-order valence-electron chi connectivity index (χ0n) is 17.4. The van der Waals surface area contributed by atoms with Crippen molar-refractivity contribution in [2.75, 3.05) is 5.32 Å². The zero-order chi connectivity index (χ0) is 25.2. The van der Waals surface area contributed by atoms with Gasteiger partial charge in [0.15, 0.2) is 17.4 Å². The molecule has 13 heteroatoms. The van der Waals surface area contributed by atoms with Crippen molar-refractivity contribution < 1.29 is 35.8 Å². The lowest BCUT2D eigenvalue weighted by atomic mass is 10.2. The molecular weight excluding hydrogens is 475 g/mol. The van der Waals surface area contributed by atoms with Gasteiger partial charge in [0.1, 0.15) is 23.2 Å². The number of ether oxygens (including phenoxy) is 1. The number of nitrogens with zero attached hydrogens (tertiary/aromatic N) is 3. The molecule has 0 fully saturated rings. The third kappa shape index (κ3) is 5.11. The molecule has 0 aliphatic rings. The molecule has 4 aromatic rings. The van der Waals surface area contributed by atoms with Crippen LogP contribution in [0, 0.1) is 23.0 Å². The lowest BCUT2D eigenvalue weighted by Crippen LogP contribution is -2.28. The molecule has 0 unspecified atom stereocenters. The number of fused-ring (bicyclic) bond motifs is 1. The number of anilines is 1. The van der Waals surface area contributed by atoms with Crippen LogP contribution in [0.3, 0.4) is 0 Å². The Morgan fingerprint density at radius 3 is 2.54 bits per heavy atom. The number of aromatic nitrogens is 3. The molecule has 3 aromatic heterocycles. The van der Waals surface area contributed by atoms with E-state index in [0.29, 0.717) is 11.8 Å². The molecule has 0 atom stereocenters. The summed E-state index contributed by atoms with van der Waals surface area (Å²) in [5, 5.41) is 13.0. The molecule has 0 saturated carbocycles. The van der Waals surface area contributed by atoms with Gasteiger partial charge in [-0.15, -0.1) is 0 Å². The minimum absolute atomic E-state index is 0. The normalized spacial score (nSPS) is 11.2. The molecule has 8 nitrogen and oxygen atoms in total. The van der Waals surface area contributed by atoms with E-state index in [1.807, 2.05) is 6.07 Å². The second-order valence-corrected chi connectivity index (χ2v) is 7.07. The third-order valence-electron chi connectivity index (χ3n) is 4.70. The lowest BCUT2D eigenvalue weighted by molar-refractivity contribution is -0.136. The number of H-pyrrole nitrogens is 1. The fourth-order valence-corrected chi connectivity index (χ4v) is 3.18. The van der Waals surface area contributed by atoms with Gasteiger partial charge < -0.3 is 20.4 Å². The number of rotatable bonds is 5. The maximum Gasteiger partial charge on any atom is 0.418 e. The molecule has 0 spiro atoms. The second kappa shape index (κ2) is 9.26. The van der Waals surface area contributed by atoms with E-state index in [9.17, 15) is 26.7 Å². The van der Waals surface area contributed by atoms with Gasteiger partial charge >= 0.3 is 12.2 Å². The summed E-state index contributed by atoms with van der Waals surface area (Å²) in [6, 6.07) is 6.61. The highest BCUT2D eigenvalue weighted by atomic mass is 19.4. The van der Waals surface area contributed by atoms with Crippen LogP contribution in [-0.4, -0.2) is 21.0 Å². The van der Waals surface area contributed by atoms with Crippen molar-refractivity contribution in [1.82, 2.24) is 20.3 Å². The van der Waals surface area contributed by atoms with Crippen molar-refractivity contribution >= 4 is 22.8 Å². The van der Waals surface area contributed by atoms with Crippen molar-refractivity contribution in [3.8, 4) is 17.6 Å². The number of urea groups is 1. The molecule has 0 bridgehead atoms. The number of alkyl halides is 3. The number of nitrogens with one attached hydrogen (secondary N) is 3. The van der Waals surface area contributed by atoms with Gasteiger partial charge in [0, 0.05) is 47.2 Å². The van der Waals surface area contributed by atoms with Crippen molar-refractivity contribution in [2.24, 2.45) is 0 Å². The summed E-state index contributed by atoms with van der Waals surface area (Å²) in [6.07, 6.45) is -1.58. The van der Waals surface area contributed by atoms with Gasteiger partial charge in [-0.25, -0.2) is 23.5 Å². The summed E-state index contributed by atoms with van der Waals surface area (Å²) >= 11 is 0. The molecule has 0 radical (unpaired) electrons. The Bertz CT molecular complexity index is 1450. The van der Waals surface area contributed by atoms with Gasteiger partial charge in [-0.3, -0.25) is 0 Å². The second-order valence-electron chi connectivity index (χ2n) is 7.07. The number of halogens is 5. The summed E-state index contributed by atoms with van der Waals surface area (Å²) in [4.78, 5) is 22.0. The monoisotopic (exact) mass is 494 g/mol. The molecule has 35 heavy (non-hydrogen) atoms. The van der Waals surface area contributed by atoms with E-state index in [2.05, 4.69) is 25.6 Å². The van der Waals surface area contributed by atoms with E-state index >= 15 is 0 Å². The third-order valence-corrected chi connectivity index (χ3v) is 4.70. The Morgan fingerprint density at radius 1 is 1.14 bits per heavy atom. The molecule has 4 rings (SSSR count). The number of pyridine rings is 2. The van der Waals surface area contributed by atoms with Crippen molar-refractivity contribution in [2.45, 2.75) is 12.7 Å². The number of carbonyl (C=O) groups is 1. The van der Waals surface area contributed by atoms with E-state index in [1.54, 1.807) is 6.07 Å². The fourth-order valence-electron chi connectivity index (χ4n) is 3.18. The van der Waals surface area contributed by atoms with Crippen molar-refractivity contribution in [3.05, 3.63) is 77.4 Å². The van der Waals surface area contributed by atoms with Gasteiger partial charge in [-0.1, -0.05) is 0 Å². The van der Waals surface area contributed by atoms with Gasteiger partial charge in [-0.05, 0) is 23.8 Å². The van der Waals surface area contributed by atoms with Crippen LogP contribution >= 0.6 is 0 Å². The van der Waals surface area contributed by atoms with Crippen LogP contribution in [0.15, 0.2) is 48.9 Å². The first-order valence-electron chi connectivity index (χ1n) is 9.76. The number of carbonyl (C=O) groups excluding carboxylic acids is 1. The maximum absolute atomic E-state index is 14.6. The average Bonchev–Trinajstić information content (AvgIpc) is 3.26. The standard InChI is InChI=1S/C22H13F5N6O2.3H2/c23-15-6-12(33-21(34)32-9-11-1-3-29-13(5-11)8-28)7-16(24)19(15)35-17-2-4-30-20-18(17)14(10-31-20)22(25,26)27;;;/h1-7,10H,9H2,(H,30,31)(H2,32,33,34);3*1H. The molecule has 0 saturated heterocycles. The molecule has 0 aliphatic heterocycles. The average molecular weight is 494 g/mol. The Morgan fingerprint density at radius 2 is 1.86 bits per heavy atom. The summed E-state index contributed by atoms with van der Waals surface area (Å²) in [5.41, 5.74) is -0.837. The maximum atomic E-state index is 14.6. The molecule has 1 aromatic carbocycles. The predicted octanol–water partition coefficient (Wildman–Crippen LogP) is 5.98. The Kier molecular flexibility index (Phi) is 6.20. The predicted molar refractivity (Wildman–Crippen MR) is 119 cm³/mol. The first-order chi connectivity index (χ1) is 16.7. The Balaban J connectivity index is 0.00000241. The SMILES string of the molecule is N#Cc1cc(CNC(=O)Nc2cc(F)c(Oc3ccnc4[nH]cc(C(F)(F)F)c34)c(F)c2)ccn1.[HH].[HH].[HH]. The van der Waals surface area contributed by atoms with E-state index in [1.165, 1.54) is 12.3 Å². The van der Waals surface area contributed by atoms with Gasteiger partial charge in [0.25, 0.3) is 0 Å². The van der Waals surface area contributed by atoms with Crippen LogP contribution in [-0.2, 0) is 12.7 Å². The number of hydrogen-bond donors (Lipinski definition) is 3. The fraction of sp³-hybridized carbons (Fsp3) is 0.0909. The number of aromatic amines is 1. The van der Waals surface area contributed by atoms with E-state index in [-0.39, 0.29) is 27.9 Å². The molecule has 3 heterocycles. The number of amides is 2. The Hall–Kier alpha value is -4.73. The number of nitriles is 1. The van der Waals surface area contributed by atoms with E-state index < -0.39 is 46.3 Å². The quantitative estimate of drug-likeness (QED) is 0.295. The Labute approximate surface area is 197 Å². The van der Waals surface area contributed by atoms with Crippen LogP contribution in [0.1, 0.15) is 21.1 Å². The minimum Gasteiger partial charge on any atom is -0.450 e. The van der Waals surface area contributed by atoms with Crippen LogP contribution in [0.4, 0.5) is 32.4 Å². The van der Waals surface area contributed by atoms with E-state index in [4.69, 9.17) is 10.00 Å². The summed E-state index contributed by atoms with van der Waals surface area (Å²) in [5.74, 6) is -3.95. The van der Waals surface area contributed by atoms with Gasteiger partial charge in [0.05, 0.1) is 10.9 Å². The van der Waals surface area contributed by atoms with Crippen LogP contribution in [0.25, 0.3) is 11.0 Å². The van der Waals surface area contributed by atoms with Crippen molar-refractivity contribution in [1.29, 1.82) is 5.26 Å². The first-order valence-corrected chi connectivity index (χ1v) is 9.76. The minimum atomic E-state index is -4.76. The highest BCUT2D eigenvalue weighted by Crippen LogP contribution is 2.40. The smallest absolute Gasteiger partial charge is 0.418 e. The largest absolute Gasteiger partial charge is 0.450 e. The lowest BCUT2D eigenvalue weighted by Gasteiger charge is -2.13. The highest BCUT2D eigenvalue weighted by Gasteiger charge is 2.35. The van der Waals surface area contributed by atoms with Gasteiger partial charge in [0.2, 0.25) is 0 Å². The van der Waals surface area contributed by atoms with Crippen molar-refractivity contribution in [3.63, 3.8) is 0 Å². The first kappa shape index (κ1) is 23.4. The van der Waals surface area contributed by atoms with E-state index in [0.717, 1.165) is 24.4 Å². The molecule has 184 valence electrons. The van der Waals surface area contributed by atoms with Crippen LogP contribution in [0.2, 0.25) is 0 Å². The van der Waals surface area contributed by atoms with Crippen LogP contribution in [0.5, 0.6) is 11.5 Å². The highest BCUT2D eigenvalue weighted by molar-refractivity contribution is 5.89.